The Bertz CT molecular complexity index is 344. The van der Waals surface area contributed by atoms with E-state index in [0.29, 0.717) is 16.0 Å². The molecule has 0 bridgehead atoms. The van der Waals surface area contributed by atoms with Crippen molar-refractivity contribution in [3.05, 3.63) is 22.4 Å². The minimum Gasteiger partial charge on any atom is -0.488 e. The van der Waals surface area contributed by atoms with E-state index in [9.17, 15) is 0 Å². The summed E-state index contributed by atoms with van der Waals surface area (Å²) in [5.41, 5.74) is 0.308. The molecule has 0 N–H and O–H groups in total. The number of nitriles is 1. The van der Waals surface area contributed by atoms with Crippen LogP contribution in [0.15, 0.2) is 16.7 Å². The van der Waals surface area contributed by atoms with Crippen molar-refractivity contribution in [2.45, 2.75) is 20.0 Å². The second kappa shape index (κ2) is 4.24. The van der Waals surface area contributed by atoms with E-state index in [1.165, 1.54) is 0 Å². The molecule has 0 atom stereocenters. The fraction of sp³-hybridized carbons (Fsp3) is 0.333. The molecule has 1 heterocycles. The molecule has 0 spiro atoms. The Morgan fingerprint density at radius 2 is 2.23 bits per heavy atom. The quantitative estimate of drug-likeness (QED) is 0.747. The SMILES string of the molecule is CC(C)Oc1ccc(Br)nc1C#N. The van der Waals surface area contributed by atoms with Crippen LogP contribution in [-0.4, -0.2) is 11.1 Å². The van der Waals surface area contributed by atoms with E-state index in [4.69, 9.17) is 10.00 Å². The molecule has 0 aliphatic rings. The Kier molecular flexibility index (Phi) is 3.26. The molecular weight excluding hydrogens is 232 g/mol. The zero-order valence-corrected chi connectivity index (χ0v) is 9.00. The highest BCUT2D eigenvalue weighted by molar-refractivity contribution is 9.10. The first-order chi connectivity index (χ1) is 6.13. The van der Waals surface area contributed by atoms with Crippen molar-refractivity contribution in [2.75, 3.05) is 0 Å². The maximum atomic E-state index is 8.74. The maximum absolute atomic E-state index is 8.74. The van der Waals surface area contributed by atoms with Crippen LogP contribution in [0, 0.1) is 11.3 Å². The van der Waals surface area contributed by atoms with E-state index in [0.717, 1.165) is 0 Å². The molecular formula is C9H9BrN2O. The second-order valence-corrected chi connectivity index (χ2v) is 3.57. The molecule has 0 saturated heterocycles. The lowest BCUT2D eigenvalue weighted by Crippen LogP contribution is -2.07. The minimum atomic E-state index is 0.0510. The van der Waals surface area contributed by atoms with Crippen LogP contribution in [0.5, 0.6) is 5.75 Å². The van der Waals surface area contributed by atoms with Gasteiger partial charge in [-0.1, -0.05) is 0 Å². The molecule has 0 fully saturated rings. The largest absolute Gasteiger partial charge is 0.488 e. The smallest absolute Gasteiger partial charge is 0.183 e. The lowest BCUT2D eigenvalue weighted by Gasteiger charge is -2.09. The molecule has 0 aliphatic carbocycles. The molecule has 0 aliphatic heterocycles. The Labute approximate surface area is 85.5 Å². The van der Waals surface area contributed by atoms with Crippen LogP contribution in [0.2, 0.25) is 0 Å². The monoisotopic (exact) mass is 240 g/mol. The van der Waals surface area contributed by atoms with Gasteiger partial charge in [-0.05, 0) is 41.9 Å². The number of ether oxygens (including phenoxy) is 1. The van der Waals surface area contributed by atoms with Gasteiger partial charge in [-0.3, -0.25) is 0 Å². The van der Waals surface area contributed by atoms with Crippen molar-refractivity contribution in [3.8, 4) is 11.8 Å². The fourth-order valence-electron chi connectivity index (χ4n) is 0.852. The molecule has 3 nitrogen and oxygen atoms in total. The molecule has 1 aromatic heterocycles. The summed E-state index contributed by atoms with van der Waals surface area (Å²) in [6, 6.07) is 5.46. The number of halogens is 1. The third-order valence-corrected chi connectivity index (χ3v) is 1.73. The number of hydrogen-bond acceptors (Lipinski definition) is 3. The number of pyridine rings is 1. The van der Waals surface area contributed by atoms with Gasteiger partial charge in [0.15, 0.2) is 11.4 Å². The van der Waals surface area contributed by atoms with E-state index in [2.05, 4.69) is 20.9 Å². The summed E-state index contributed by atoms with van der Waals surface area (Å²) in [4.78, 5) is 3.98. The topological polar surface area (TPSA) is 45.9 Å². The van der Waals surface area contributed by atoms with Crippen molar-refractivity contribution >= 4 is 15.9 Å². The molecule has 1 aromatic rings. The van der Waals surface area contributed by atoms with Crippen LogP contribution in [0.4, 0.5) is 0 Å². The van der Waals surface area contributed by atoms with Gasteiger partial charge in [0.05, 0.1) is 6.10 Å². The van der Waals surface area contributed by atoms with Gasteiger partial charge in [-0.2, -0.15) is 5.26 Å². The summed E-state index contributed by atoms with van der Waals surface area (Å²) < 4.78 is 6.02. The van der Waals surface area contributed by atoms with E-state index < -0.39 is 0 Å². The summed E-state index contributed by atoms with van der Waals surface area (Å²) in [5.74, 6) is 0.528. The highest BCUT2D eigenvalue weighted by Gasteiger charge is 2.06. The van der Waals surface area contributed by atoms with Gasteiger partial charge in [-0.15, -0.1) is 0 Å². The van der Waals surface area contributed by atoms with E-state index in [-0.39, 0.29) is 6.10 Å². The van der Waals surface area contributed by atoms with Gasteiger partial charge in [0.25, 0.3) is 0 Å². The van der Waals surface area contributed by atoms with Crippen molar-refractivity contribution < 1.29 is 4.74 Å². The van der Waals surface area contributed by atoms with Crippen molar-refractivity contribution in [2.24, 2.45) is 0 Å². The Hall–Kier alpha value is -1.08. The molecule has 0 radical (unpaired) electrons. The van der Waals surface area contributed by atoms with Gasteiger partial charge in [0.2, 0.25) is 0 Å². The molecule has 68 valence electrons. The van der Waals surface area contributed by atoms with Gasteiger partial charge in [0, 0.05) is 0 Å². The van der Waals surface area contributed by atoms with Gasteiger partial charge in [-0.25, -0.2) is 4.98 Å². The van der Waals surface area contributed by atoms with Crippen molar-refractivity contribution in [1.82, 2.24) is 4.98 Å². The van der Waals surface area contributed by atoms with Crippen LogP contribution < -0.4 is 4.74 Å². The standard InChI is InChI=1S/C9H9BrN2O/c1-6(2)13-8-3-4-9(10)12-7(8)5-11/h3-4,6H,1-2H3. The zero-order chi connectivity index (χ0) is 9.84. The summed E-state index contributed by atoms with van der Waals surface area (Å²) in [6.07, 6.45) is 0.0510. The highest BCUT2D eigenvalue weighted by atomic mass is 79.9. The van der Waals surface area contributed by atoms with E-state index in [1.54, 1.807) is 12.1 Å². The van der Waals surface area contributed by atoms with Gasteiger partial charge < -0.3 is 4.74 Å². The Morgan fingerprint density at radius 1 is 1.54 bits per heavy atom. The first-order valence-corrected chi connectivity index (χ1v) is 4.66. The summed E-state index contributed by atoms with van der Waals surface area (Å²) in [5, 5.41) is 8.74. The normalized spacial score (nSPS) is 9.77. The molecule has 4 heteroatoms. The molecule has 0 amide bonds. The first-order valence-electron chi connectivity index (χ1n) is 3.87. The Morgan fingerprint density at radius 3 is 2.77 bits per heavy atom. The third kappa shape index (κ3) is 2.71. The van der Waals surface area contributed by atoms with E-state index in [1.807, 2.05) is 19.9 Å². The van der Waals surface area contributed by atoms with Crippen LogP contribution in [0.25, 0.3) is 0 Å². The predicted octanol–water partition coefficient (Wildman–Crippen LogP) is 2.50. The highest BCUT2D eigenvalue weighted by Crippen LogP contribution is 2.19. The molecule has 13 heavy (non-hydrogen) atoms. The van der Waals surface area contributed by atoms with Crippen LogP contribution in [0.3, 0.4) is 0 Å². The average Bonchev–Trinajstić information content (AvgIpc) is 2.07. The first kappa shape index (κ1) is 10.0. The predicted molar refractivity (Wildman–Crippen MR) is 52.4 cm³/mol. The maximum Gasteiger partial charge on any atom is 0.183 e. The lowest BCUT2D eigenvalue weighted by atomic mass is 10.3. The summed E-state index contributed by atoms with van der Waals surface area (Å²) in [6.45, 7) is 3.81. The molecule has 1 rings (SSSR count). The number of hydrogen-bond donors (Lipinski definition) is 0. The fourth-order valence-corrected chi connectivity index (χ4v) is 1.16. The van der Waals surface area contributed by atoms with Crippen LogP contribution in [-0.2, 0) is 0 Å². The molecule has 0 saturated carbocycles. The van der Waals surface area contributed by atoms with Crippen LogP contribution in [0.1, 0.15) is 19.5 Å². The lowest BCUT2D eigenvalue weighted by molar-refractivity contribution is 0.240. The van der Waals surface area contributed by atoms with Crippen LogP contribution >= 0.6 is 15.9 Å². The second-order valence-electron chi connectivity index (χ2n) is 2.76. The van der Waals surface area contributed by atoms with Crippen molar-refractivity contribution in [1.29, 1.82) is 5.26 Å². The van der Waals surface area contributed by atoms with Gasteiger partial charge in [0.1, 0.15) is 10.7 Å². The Balaban J connectivity index is 3.01. The summed E-state index contributed by atoms with van der Waals surface area (Å²) >= 11 is 3.19. The third-order valence-electron chi connectivity index (χ3n) is 1.29. The molecule has 0 aromatic carbocycles. The van der Waals surface area contributed by atoms with Gasteiger partial charge >= 0.3 is 0 Å². The number of aromatic nitrogens is 1. The number of nitrogens with zero attached hydrogens (tertiary/aromatic N) is 2. The molecule has 0 unspecified atom stereocenters. The van der Waals surface area contributed by atoms with Crippen molar-refractivity contribution in [3.63, 3.8) is 0 Å². The summed E-state index contributed by atoms with van der Waals surface area (Å²) in [7, 11) is 0. The zero-order valence-electron chi connectivity index (χ0n) is 7.41. The average molecular weight is 241 g/mol. The number of rotatable bonds is 2. The minimum absolute atomic E-state index is 0.0510. The van der Waals surface area contributed by atoms with E-state index >= 15 is 0 Å².